The van der Waals surface area contributed by atoms with Crippen LogP contribution in [0.15, 0.2) is 0 Å². The maximum atomic E-state index is 5.55. The highest BCUT2D eigenvalue weighted by molar-refractivity contribution is 6.20. The van der Waals surface area contributed by atoms with Crippen LogP contribution in [0.2, 0.25) is 0 Å². The van der Waals surface area contributed by atoms with Crippen molar-refractivity contribution in [2.75, 3.05) is 19.1 Å². The third-order valence-corrected chi connectivity index (χ3v) is 0.849. The maximum absolute atomic E-state index is 5.55. The molecule has 1 nitrogen and oxygen atoms in total. The Morgan fingerprint density at radius 3 is 2.62 bits per heavy atom. The van der Waals surface area contributed by atoms with Crippen LogP contribution in [0.5, 0.6) is 0 Å². The van der Waals surface area contributed by atoms with Gasteiger partial charge in [-0.15, -0.1) is 23.2 Å². The third-order valence-electron chi connectivity index (χ3n) is 0.569. The lowest BCUT2D eigenvalue weighted by Crippen LogP contribution is -2.05. The van der Waals surface area contributed by atoms with Crippen molar-refractivity contribution >= 4 is 23.2 Å². The molecule has 0 heterocycles. The number of alkyl halides is 2. The first-order valence-corrected chi connectivity index (χ1v) is 3.52. The number of ether oxygens (including phenoxy) is 1. The lowest BCUT2D eigenvalue weighted by atomic mass is 10.5. The van der Waals surface area contributed by atoms with Crippen molar-refractivity contribution in [1.82, 2.24) is 0 Å². The van der Waals surface area contributed by atoms with Crippen LogP contribution in [-0.2, 0) is 4.74 Å². The molecule has 1 atom stereocenters. The Kier molecular flexibility index (Phi) is 6.06. The molecule has 8 heavy (non-hydrogen) atoms. The number of hydrogen-bond donors (Lipinski definition) is 0. The second kappa shape index (κ2) is 5.67. The highest BCUT2D eigenvalue weighted by Crippen LogP contribution is 1.93. The van der Waals surface area contributed by atoms with Gasteiger partial charge < -0.3 is 4.74 Å². The molecule has 0 aliphatic carbocycles. The Hall–Kier alpha value is 0.540. The summed E-state index contributed by atoms with van der Waals surface area (Å²) < 4.78 is 4.98. The summed E-state index contributed by atoms with van der Waals surface area (Å²) >= 11 is 10.9. The Morgan fingerprint density at radius 1 is 1.62 bits per heavy atom. The maximum Gasteiger partial charge on any atom is 0.0627 e. The Balaban J connectivity index is 2.72. The van der Waals surface area contributed by atoms with Gasteiger partial charge in [-0.1, -0.05) is 0 Å². The van der Waals surface area contributed by atoms with Crippen LogP contribution >= 0.6 is 23.2 Å². The lowest BCUT2D eigenvalue weighted by Gasteiger charge is -2.01. The van der Waals surface area contributed by atoms with E-state index < -0.39 is 0 Å². The van der Waals surface area contributed by atoms with Crippen LogP contribution in [0.3, 0.4) is 0 Å². The van der Waals surface area contributed by atoms with Crippen LogP contribution in [0.4, 0.5) is 0 Å². The minimum absolute atomic E-state index is 0.0956. The summed E-state index contributed by atoms with van der Waals surface area (Å²) in [4.78, 5) is 0. The highest BCUT2D eigenvalue weighted by atomic mass is 35.5. The molecule has 0 amide bonds. The molecule has 3 heteroatoms. The minimum atomic E-state index is 0.0956. The first-order valence-electron chi connectivity index (χ1n) is 2.55. The van der Waals surface area contributed by atoms with Crippen molar-refractivity contribution < 1.29 is 4.74 Å². The van der Waals surface area contributed by atoms with Crippen molar-refractivity contribution in [2.24, 2.45) is 0 Å². The van der Waals surface area contributed by atoms with Crippen LogP contribution in [-0.4, -0.2) is 24.5 Å². The van der Waals surface area contributed by atoms with E-state index in [1.54, 1.807) is 0 Å². The van der Waals surface area contributed by atoms with Gasteiger partial charge in [0.2, 0.25) is 0 Å². The van der Waals surface area contributed by atoms with Gasteiger partial charge >= 0.3 is 0 Å². The van der Waals surface area contributed by atoms with Gasteiger partial charge in [0, 0.05) is 5.88 Å². The first kappa shape index (κ1) is 8.54. The predicted molar refractivity (Wildman–Crippen MR) is 36.9 cm³/mol. The molecule has 0 bridgehead atoms. The van der Waals surface area contributed by atoms with E-state index in [-0.39, 0.29) is 5.38 Å². The van der Waals surface area contributed by atoms with E-state index in [1.165, 1.54) is 0 Å². The number of rotatable bonds is 4. The van der Waals surface area contributed by atoms with Crippen molar-refractivity contribution in [1.29, 1.82) is 0 Å². The van der Waals surface area contributed by atoms with Crippen molar-refractivity contribution in [3.05, 3.63) is 0 Å². The SMILES string of the molecule is C[C@@H](Cl)COCCCl. The molecule has 0 aromatic heterocycles. The summed E-state index contributed by atoms with van der Waals surface area (Å²) in [5.41, 5.74) is 0. The Morgan fingerprint density at radius 2 is 2.25 bits per heavy atom. The van der Waals surface area contributed by atoms with E-state index in [4.69, 9.17) is 27.9 Å². The summed E-state index contributed by atoms with van der Waals surface area (Å²) in [5, 5.41) is 0.0956. The van der Waals surface area contributed by atoms with Gasteiger partial charge in [-0.2, -0.15) is 0 Å². The van der Waals surface area contributed by atoms with Crippen molar-refractivity contribution in [3.8, 4) is 0 Å². The molecule has 0 spiro atoms. The molecule has 0 fully saturated rings. The van der Waals surface area contributed by atoms with E-state index >= 15 is 0 Å². The molecule has 0 aromatic rings. The first-order chi connectivity index (χ1) is 3.77. The minimum Gasteiger partial charge on any atom is -0.379 e. The molecule has 0 aromatic carbocycles. The second-order valence-corrected chi connectivity index (χ2v) is 2.67. The smallest absolute Gasteiger partial charge is 0.0627 e. The molecule has 50 valence electrons. The molecule has 0 aliphatic rings. The lowest BCUT2D eigenvalue weighted by molar-refractivity contribution is 0.152. The monoisotopic (exact) mass is 156 g/mol. The van der Waals surface area contributed by atoms with E-state index in [0.717, 1.165) is 0 Å². The normalized spacial score (nSPS) is 13.9. The number of halogens is 2. The zero-order chi connectivity index (χ0) is 6.41. The van der Waals surface area contributed by atoms with E-state index in [9.17, 15) is 0 Å². The average molecular weight is 157 g/mol. The molecule has 0 aliphatic heterocycles. The fourth-order valence-electron chi connectivity index (χ4n) is 0.300. The molecule has 0 saturated heterocycles. The average Bonchev–Trinajstić information content (AvgIpc) is 1.66. The molecule has 0 saturated carbocycles. The summed E-state index contributed by atoms with van der Waals surface area (Å²) in [7, 11) is 0. The highest BCUT2D eigenvalue weighted by Gasteiger charge is 1.92. The topological polar surface area (TPSA) is 9.23 Å². The van der Waals surface area contributed by atoms with Crippen LogP contribution in [0.1, 0.15) is 6.92 Å². The van der Waals surface area contributed by atoms with Gasteiger partial charge in [0.1, 0.15) is 0 Å². The van der Waals surface area contributed by atoms with Crippen molar-refractivity contribution in [2.45, 2.75) is 12.3 Å². The molecule has 0 radical (unpaired) electrons. The summed E-state index contributed by atoms with van der Waals surface area (Å²) in [6.07, 6.45) is 0. The van der Waals surface area contributed by atoms with Crippen LogP contribution in [0, 0.1) is 0 Å². The standard InChI is InChI=1S/C5H10Cl2O/c1-5(7)4-8-3-2-6/h5H,2-4H2,1H3/t5-/m1/s1. The molecular weight excluding hydrogens is 147 g/mol. The van der Waals surface area contributed by atoms with Gasteiger partial charge in [-0.25, -0.2) is 0 Å². The predicted octanol–water partition coefficient (Wildman–Crippen LogP) is 1.87. The van der Waals surface area contributed by atoms with Gasteiger partial charge in [0.05, 0.1) is 18.6 Å². The van der Waals surface area contributed by atoms with Gasteiger partial charge in [-0.05, 0) is 6.92 Å². The van der Waals surface area contributed by atoms with E-state index in [1.807, 2.05) is 6.92 Å². The zero-order valence-corrected chi connectivity index (χ0v) is 6.37. The molecule has 0 unspecified atom stereocenters. The molecular formula is C5H10Cl2O. The fraction of sp³-hybridized carbons (Fsp3) is 1.00. The number of hydrogen-bond acceptors (Lipinski definition) is 1. The zero-order valence-electron chi connectivity index (χ0n) is 4.86. The van der Waals surface area contributed by atoms with E-state index in [2.05, 4.69) is 0 Å². The Labute approximate surface area is 59.9 Å². The second-order valence-electron chi connectivity index (χ2n) is 1.54. The molecule has 0 N–H and O–H groups in total. The fourth-order valence-corrected chi connectivity index (χ4v) is 0.498. The quantitative estimate of drug-likeness (QED) is 0.447. The third kappa shape index (κ3) is 6.54. The summed E-state index contributed by atoms with van der Waals surface area (Å²) in [5.74, 6) is 0.545. The van der Waals surface area contributed by atoms with Gasteiger partial charge in [0.25, 0.3) is 0 Å². The van der Waals surface area contributed by atoms with Crippen molar-refractivity contribution in [3.63, 3.8) is 0 Å². The largest absolute Gasteiger partial charge is 0.379 e. The Bertz CT molecular complexity index is 47.7. The van der Waals surface area contributed by atoms with E-state index in [0.29, 0.717) is 19.1 Å². The van der Waals surface area contributed by atoms with Gasteiger partial charge in [-0.3, -0.25) is 0 Å². The summed E-state index contributed by atoms with van der Waals surface area (Å²) in [6.45, 7) is 3.07. The summed E-state index contributed by atoms with van der Waals surface area (Å²) in [6, 6.07) is 0. The van der Waals surface area contributed by atoms with Crippen LogP contribution in [0.25, 0.3) is 0 Å². The van der Waals surface area contributed by atoms with Crippen LogP contribution < -0.4 is 0 Å². The van der Waals surface area contributed by atoms with Gasteiger partial charge in [0.15, 0.2) is 0 Å². The molecule has 0 rings (SSSR count).